The van der Waals surface area contributed by atoms with Crippen molar-refractivity contribution in [1.29, 1.82) is 0 Å². The summed E-state index contributed by atoms with van der Waals surface area (Å²) in [4.78, 5) is 10.1. The molecule has 3 aromatic rings. The number of H-pyrrole nitrogens is 1. The van der Waals surface area contributed by atoms with Crippen LogP contribution < -0.4 is 15.5 Å². The molecule has 1 aliphatic rings. The molecule has 0 fully saturated rings. The number of hydrogen-bond donors (Lipinski definition) is 3. The number of anilines is 1. The third-order valence-electron chi connectivity index (χ3n) is 5.47. The summed E-state index contributed by atoms with van der Waals surface area (Å²) in [5.41, 5.74) is 6.37. The lowest BCUT2D eigenvalue weighted by atomic mass is 10.1. The Morgan fingerprint density at radius 2 is 1.93 bits per heavy atom. The Kier molecular flexibility index (Phi) is 5.84. The zero-order valence-corrected chi connectivity index (χ0v) is 17.2. The van der Waals surface area contributed by atoms with E-state index in [-0.39, 0.29) is 0 Å². The molecule has 0 atom stereocenters. The second-order valence-corrected chi connectivity index (χ2v) is 7.46. The molecule has 29 heavy (non-hydrogen) atoms. The normalized spacial score (nSPS) is 14.0. The fraction of sp³-hybridized carbons (Fsp3) is 0.292. The Labute approximate surface area is 172 Å². The van der Waals surface area contributed by atoms with Gasteiger partial charge in [-0.15, -0.1) is 0 Å². The van der Waals surface area contributed by atoms with E-state index in [1.165, 1.54) is 33.3 Å². The van der Waals surface area contributed by atoms with Gasteiger partial charge in [-0.1, -0.05) is 42.5 Å². The van der Waals surface area contributed by atoms with Gasteiger partial charge in [-0.3, -0.25) is 4.99 Å². The van der Waals surface area contributed by atoms with E-state index >= 15 is 0 Å². The van der Waals surface area contributed by atoms with Crippen LogP contribution in [0.1, 0.15) is 16.7 Å². The van der Waals surface area contributed by atoms with E-state index in [9.17, 15) is 0 Å². The second kappa shape index (κ2) is 8.86. The number of guanidine groups is 1. The van der Waals surface area contributed by atoms with E-state index in [0.29, 0.717) is 0 Å². The molecule has 5 heteroatoms. The first-order valence-corrected chi connectivity index (χ1v) is 10.2. The van der Waals surface area contributed by atoms with Gasteiger partial charge in [0.2, 0.25) is 0 Å². The van der Waals surface area contributed by atoms with Crippen molar-refractivity contribution in [3.8, 4) is 0 Å². The summed E-state index contributed by atoms with van der Waals surface area (Å²) < 4.78 is 0. The molecule has 0 unspecified atom stereocenters. The molecule has 2 aromatic carbocycles. The number of hydrogen-bond acceptors (Lipinski definition) is 2. The van der Waals surface area contributed by atoms with Gasteiger partial charge in [0.15, 0.2) is 5.96 Å². The van der Waals surface area contributed by atoms with Gasteiger partial charge >= 0.3 is 0 Å². The summed E-state index contributed by atoms with van der Waals surface area (Å²) in [5, 5.41) is 8.17. The lowest BCUT2D eigenvalue weighted by Crippen LogP contribution is -2.37. The van der Waals surface area contributed by atoms with Gasteiger partial charge in [-0.25, -0.2) is 0 Å². The minimum absolute atomic E-state index is 0.751. The summed E-state index contributed by atoms with van der Waals surface area (Å²) in [6.45, 7) is 5.71. The van der Waals surface area contributed by atoms with Crippen LogP contribution in [0.2, 0.25) is 0 Å². The van der Waals surface area contributed by atoms with Crippen molar-refractivity contribution in [2.24, 2.45) is 4.99 Å². The highest BCUT2D eigenvalue weighted by Crippen LogP contribution is 2.21. The van der Waals surface area contributed by atoms with Crippen LogP contribution in [0.3, 0.4) is 0 Å². The topological polar surface area (TPSA) is 55.5 Å². The number of aromatic amines is 1. The highest BCUT2D eigenvalue weighted by Gasteiger charge is 2.08. The molecule has 0 amide bonds. The minimum Gasteiger partial charge on any atom is -0.364 e. The molecule has 0 aliphatic carbocycles. The third kappa shape index (κ3) is 4.45. The molecular weight excluding hydrogens is 358 g/mol. The van der Waals surface area contributed by atoms with Crippen LogP contribution in [-0.4, -0.2) is 37.6 Å². The lowest BCUT2D eigenvalue weighted by molar-refractivity contribution is 0.796. The molecule has 0 saturated heterocycles. The number of aromatic nitrogens is 1. The molecule has 150 valence electrons. The molecule has 0 radical (unpaired) electrons. The highest BCUT2D eigenvalue weighted by molar-refractivity contribution is 5.86. The van der Waals surface area contributed by atoms with Gasteiger partial charge in [-0.05, 0) is 42.2 Å². The van der Waals surface area contributed by atoms with Crippen molar-refractivity contribution >= 4 is 22.5 Å². The molecule has 1 aromatic heterocycles. The quantitative estimate of drug-likeness (QED) is 0.343. The van der Waals surface area contributed by atoms with Crippen LogP contribution in [0.25, 0.3) is 10.9 Å². The molecular formula is C24H29N5. The standard InChI is InChI=1S/C24H29N5/c1-18-7-5-10-22-20(17-27-23(18)22)11-12-26-24(25-2)28-16-19-8-6-9-21(15-19)29-13-3-4-14-29/h3-10,15,17,27H,11-14,16H2,1-2H3,(H2,25,26,28). The zero-order chi connectivity index (χ0) is 20.1. The molecule has 1 aliphatic heterocycles. The Morgan fingerprint density at radius 3 is 2.76 bits per heavy atom. The maximum absolute atomic E-state index is 4.36. The highest BCUT2D eigenvalue weighted by atomic mass is 15.2. The number of fused-ring (bicyclic) bond motifs is 1. The molecule has 5 nitrogen and oxygen atoms in total. The van der Waals surface area contributed by atoms with E-state index in [1.54, 1.807) is 0 Å². The number of rotatable bonds is 6. The molecule has 3 N–H and O–H groups in total. The van der Waals surface area contributed by atoms with Crippen LogP contribution in [0.5, 0.6) is 0 Å². The smallest absolute Gasteiger partial charge is 0.191 e. The van der Waals surface area contributed by atoms with Crippen molar-refractivity contribution in [3.63, 3.8) is 0 Å². The average Bonchev–Trinajstić information content (AvgIpc) is 3.42. The van der Waals surface area contributed by atoms with Crippen molar-refractivity contribution in [1.82, 2.24) is 15.6 Å². The van der Waals surface area contributed by atoms with E-state index in [0.717, 1.165) is 38.6 Å². The number of nitrogens with zero attached hydrogens (tertiary/aromatic N) is 2. The fourth-order valence-electron chi connectivity index (χ4n) is 3.84. The van der Waals surface area contributed by atoms with Crippen LogP contribution >= 0.6 is 0 Å². The summed E-state index contributed by atoms with van der Waals surface area (Å²) in [6.07, 6.45) is 7.49. The lowest BCUT2D eigenvalue weighted by Gasteiger charge is -2.19. The molecule has 0 bridgehead atoms. The predicted octanol–water partition coefficient (Wildman–Crippen LogP) is 3.76. The molecule has 0 spiro atoms. The van der Waals surface area contributed by atoms with Crippen molar-refractivity contribution in [2.45, 2.75) is 19.9 Å². The SMILES string of the molecule is CN=C(NCCc1c[nH]c2c(C)cccc12)NCc1cccc(N2CC=CC2)c1. The minimum atomic E-state index is 0.751. The Morgan fingerprint density at radius 1 is 1.10 bits per heavy atom. The summed E-state index contributed by atoms with van der Waals surface area (Å²) in [7, 11) is 1.82. The van der Waals surface area contributed by atoms with Gasteiger partial charge in [0.1, 0.15) is 0 Å². The Bertz CT molecular complexity index is 1020. The zero-order valence-electron chi connectivity index (χ0n) is 17.2. The first kappa shape index (κ1) is 19.1. The maximum atomic E-state index is 4.36. The monoisotopic (exact) mass is 387 g/mol. The number of aryl methyl sites for hydroxylation is 1. The number of nitrogens with one attached hydrogen (secondary N) is 3. The van der Waals surface area contributed by atoms with Gasteiger partial charge in [0, 0.05) is 56.0 Å². The largest absolute Gasteiger partial charge is 0.364 e. The van der Waals surface area contributed by atoms with Gasteiger partial charge in [0.25, 0.3) is 0 Å². The van der Waals surface area contributed by atoms with Gasteiger partial charge in [0.05, 0.1) is 0 Å². The molecule has 0 saturated carbocycles. The van der Waals surface area contributed by atoms with E-state index < -0.39 is 0 Å². The first-order chi connectivity index (χ1) is 14.2. The number of aliphatic imine (C=N–C) groups is 1. The van der Waals surface area contributed by atoms with Crippen molar-refractivity contribution in [2.75, 3.05) is 31.6 Å². The number of para-hydroxylation sites is 1. The van der Waals surface area contributed by atoms with Crippen LogP contribution in [-0.2, 0) is 13.0 Å². The van der Waals surface area contributed by atoms with E-state index in [1.807, 2.05) is 7.05 Å². The third-order valence-corrected chi connectivity index (χ3v) is 5.47. The molecule has 4 rings (SSSR count). The average molecular weight is 388 g/mol. The van der Waals surface area contributed by atoms with Crippen molar-refractivity contribution in [3.05, 3.63) is 77.5 Å². The van der Waals surface area contributed by atoms with Gasteiger partial charge < -0.3 is 20.5 Å². The summed E-state index contributed by atoms with van der Waals surface area (Å²) >= 11 is 0. The van der Waals surface area contributed by atoms with Crippen LogP contribution in [0.4, 0.5) is 5.69 Å². The number of benzene rings is 2. The van der Waals surface area contributed by atoms with Crippen LogP contribution in [0, 0.1) is 6.92 Å². The van der Waals surface area contributed by atoms with E-state index in [2.05, 4.69) is 93.2 Å². The molecule has 2 heterocycles. The summed E-state index contributed by atoms with van der Waals surface area (Å²) in [5.74, 6) is 0.828. The Hall–Kier alpha value is -3.21. The predicted molar refractivity (Wildman–Crippen MR) is 123 cm³/mol. The maximum Gasteiger partial charge on any atom is 0.191 e. The fourth-order valence-corrected chi connectivity index (χ4v) is 3.84. The summed E-state index contributed by atoms with van der Waals surface area (Å²) in [6, 6.07) is 15.1. The van der Waals surface area contributed by atoms with Crippen molar-refractivity contribution < 1.29 is 0 Å². The van der Waals surface area contributed by atoms with Gasteiger partial charge in [-0.2, -0.15) is 0 Å². The Balaban J connectivity index is 1.30. The second-order valence-electron chi connectivity index (χ2n) is 7.46. The van der Waals surface area contributed by atoms with Crippen LogP contribution in [0.15, 0.2) is 65.8 Å². The van der Waals surface area contributed by atoms with E-state index in [4.69, 9.17) is 0 Å². The first-order valence-electron chi connectivity index (χ1n) is 10.2.